The van der Waals surface area contributed by atoms with Gasteiger partial charge in [0, 0.05) is 26.2 Å². The van der Waals surface area contributed by atoms with Crippen LogP contribution < -0.4 is 10.0 Å². The second kappa shape index (κ2) is 12.2. The molecule has 3 aromatic carbocycles. The number of carbonyl (C=O) groups excluding carboxylic acids is 6. The van der Waals surface area contributed by atoms with Gasteiger partial charge in [-0.3, -0.25) is 19.2 Å². The molecule has 4 atom stereocenters. The van der Waals surface area contributed by atoms with Crippen LogP contribution in [0.4, 0.5) is 11.4 Å². The topological polar surface area (TPSA) is 134 Å². The Morgan fingerprint density at radius 3 is 1.20 bits per heavy atom. The summed E-state index contributed by atoms with van der Waals surface area (Å²) >= 11 is 0. The van der Waals surface area contributed by atoms with Gasteiger partial charge in [0.25, 0.3) is 11.8 Å². The van der Waals surface area contributed by atoms with E-state index in [4.69, 9.17) is 9.47 Å². The third-order valence-electron chi connectivity index (χ3n) is 7.99. The normalized spacial score (nSPS) is 22.3. The molecule has 0 N–H and O–H groups in total. The number of ether oxygens (including phenoxy) is 2. The molecule has 2 saturated heterocycles. The van der Waals surface area contributed by atoms with Gasteiger partial charge in [-0.2, -0.15) is 0 Å². The van der Waals surface area contributed by atoms with Crippen molar-refractivity contribution in [1.29, 1.82) is 0 Å². The number of hydrogen-bond donors (Lipinski definition) is 0. The first-order valence-electron chi connectivity index (χ1n) is 13.9. The summed E-state index contributed by atoms with van der Waals surface area (Å²) in [4.78, 5) is 79.0. The monoisotopic (exact) mass is 598 g/mol. The minimum atomic E-state index is -1.32. The Hall–Kier alpha value is -5.20. The van der Waals surface area contributed by atoms with E-state index in [0.717, 1.165) is 0 Å². The van der Waals surface area contributed by atoms with Gasteiger partial charge in [-0.1, -0.05) is 48.5 Å². The van der Waals surface area contributed by atoms with E-state index in [1.165, 1.54) is 34.3 Å². The van der Waals surface area contributed by atoms with Crippen molar-refractivity contribution in [3.8, 4) is 0 Å². The van der Waals surface area contributed by atoms with Crippen LogP contribution in [0.5, 0.6) is 0 Å². The van der Waals surface area contributed by atoms with Crippen molar-refractivity contribution in [2.24, 2.45) is 11.8 Å². The smallest absolute Gasteiger partial charge is 0.346 e. The van der Waals surface area contributed by atoms with Crippen LogP contribution in [0, 0.1) is 11.8 Å². The summed E-state index contributed by atoms with van der Waals surface area (Å²) in [7, 11) is 3.28. The summed E-state index contributed by atoms with van der Waals surface area (Å²) in [5, 5.41) is 5.82. The predicted molar refractivity (Wildman–Crippen MR) is 157 cm³/mol. The zero-order chi connectivity index (χ0) is 31.7. The number of nitrogens with zero attached hydrogens (tertiary/aromatic N) is 4. The fourth-order valence-corrected chi connectivity index (χ4v) is 5.39. The molecule has 0 aromatic heterocycles. The van der Waals surface area contributed by atoms with E-state index in [2.05, 4.69) is 0 Å². The summed E-state index contributed by atoms with van der Waals surface area (Å²) < 4.78 is 10.2. The Balaban J connectivity index is 1.30. The maximum Gasteiger partial charge on any atom is 0.346 e. The molecule has 2 aliphatic heterocycles. The molecule has 0 radical (unpaired) electrons. The summed E-state index contributed by atoms with van der Waals surface area (Å²) in [5.74, 6) is -8.36. The first kappa shape index (κ1) is 30.3. The third-order valence-corrected chi connectivity index (χ3v) is 7.99. The molecule has 12 heteroatoms. The average molecular weight is 599 g/mol. The Labute approximate surface area is 253 Å². The maximum absolute atomic E-state index is 13.2. The van der Waals surface area contributed by atoms with E-state index in [-0.39, 0.29) is 11.1 Å². The fourth-order valence-electron chi connectivity index (χ4n) is 5.39. The molecule has 2 heterocycles. The molecule has 2 aliphatic rings. The van der Waals surface area contributed by atoms with Crippen LogP contribution in [0.25, 0.3) is 0 Å². The zero-order valence-electron chi connectivity index (χ0n) is 24.4. The predicted octanol–water partition coefficient (Wildman–Crippen LogP) is 2.85. The molecule has 226 valence electrons. The van der Waals surface area contributed by atoms with Crippen molar-refractivity contribution in [2.75, 3.05) is 24.1 Å². The number of carbonyl (C=O) groups is 6. The second-order valence-electron chi connectivity index (χ2n) is 10.5. The van der Waals surface area contributed by atoms with Gasteiger partial charge in [0.1, 0.15) is 0 Å². The lowest BCUT2D eigenvalue weighted by molar-refractivity contribution is -0.148. The zero-order valence-corrected chi connectivity index (χ0v) is 24.4. The van der Waals surface area contributed by atoms with Crippen molar-refractivity contribution in [3.63, 3.8) is 0 Å². The largest absolute Gasteiger partial charge is 0.389 e. The Morgan fingerprint density at radius 2 is 0.864 bits per heavy atom. The Kier molecular flexibility index (Phi) is 8.39. The fraction of sp³-hybridized carbons (Fsp3) is 0.250. The summed E-state index contributed by atoms with van der Waals surface area (Å²) in [6.07, 6.45) is 0. The van der Waals surface area contributed by atoms with Crippen molar-refractivity contribution in [1.82, 2.24) is 10.0 Å². The van der Waals surface area contributed by atoms with Gasteiger partial charge in [0.15, 0.2) is 11.8 Å². The van der Waals surface area contributed by atoms with Crippen molar-refractivity contribution in [2.45, 2.75) is 25.9 Å². The molecular weight excluding hydrogens is 568 g/mol. The summed E-state index contributed by atoms with van der Waals surface area (Å²) in [6, 6.07) is 21.5. The number of esters is 4. The Bertz CT molecular complexity index is 1510. The minimum absolute atomic E-state index is 0.348. The number of hydrogen-bond acceptors (Lipinski definition) is 10. The minimum Gasteiger partial charge on any atom is -0.389 e. The van der Waals surface area contributed by atoms with Crippen molar-refractivity contribution in [3.05, 3.63) is 96.1 Å². The van der Waals surface area contributed by atoms with Gasteiger partial charge in [0.2, 0.25) is 0 Å². The first-order chi connectivity index (χ1) is 21.0. The molecule has 44 heavy (non-hydrogen) atoms. The van der Waals surface area contributed by atoms with E-state index >= 15 is 0 Å². The molecule has 5 rings (SSSR count). The molecule has 2 fully saturated rings. The number of para-hydroxylation sites is 2. The molecule has 3 aromatic rings. The molecular formula is C32H30N4O8. The van der Waals surface area contributed by atoms with Gasteiger partial charge in [0.05, 0.1) is 22.5 Å². The van der Waals surface area contributed by atoms with Gasteiger partial charge >= 0.3 is 23.9 Å². The van der Waals surface area contributed by atoms with Crippen LogP contribution in [-0.2, 0) is 28.7 Å². The number of hydrazine groups is 2. The summed E-state index contributed by atoms with van der Waals surface area (Å²) in [5.41, 5.74) is 0.386. The molecule has 0 aliphatic carbocycles. The highest BCUT2D eigenvalue weighted by molar-refractivity contribution is 6.15. The molecule has 12 nitrogen and oxygen atoms in total. The highest BCUT2D eigenvalue weighted by atomic mass is 16.6. The lowest BCUT2D eigenvalue weighted by Gasteiger charge is -2.26. The van der Waals surface area contributed by atoms with Crippen molar-refractivity contribution < 1.29 is 38.2 Å². The van der Waals surface area contributed by atoms with E-state index < -0.39 is 59.6 Å². The maximum atomic E-state index is 13.2. The van der Waals surface area contributed by atoms with Gasteiger partial charge < -0.3 is 9.47 Å². The van der Waals surface area contributed by atoms with Crippen molar-refractivity contribution >= 4 is 47.1 Å². The van der Waals surface area contributed by atoms with Crippen LogP contribution in [0.15, 0.2) is 84.9 Å². The Morgan fingerprint density at radius 1 is 0.545 bits per heavy atom. The SMILES string of the molecule is CC1C(C(=O)OC(=O)c2ccccc2C(=O)OC(=O)C2C(=O)N(c3ccccc3)N(C)C2C)C(=O)N(c2ccccc2)N1C. The number of amides is 2. The first-order valence-corrected chi connectivity index (χ1v) is 13.9. The third kappa shape index (κ3) is 5.36. The lowest BCUT2D eigenvalue weighted by Crippen LogP contribution is -2.38. The van der Waals surface area contributed by atoms with Gasteiger partial charge in [-0.25, -0.2) is 29.6 Å². The van der Waals surface area contributed by atoms with E-state index in [9.17, 15) is 28.8 Å². The van der Waals surface area contributed by atoms with Crippen LogP contribution in [0.2, 0.25) is 0 Å². The van der Waals surface area contributed by atoms with E-state index in [1.54, 1.807) is 98.6 Å². The highest BCUT2D eigenvalue weighted by Gasteiger charge is 2.50. The van der Waals surface area contributed by atoms with E-state index in [1.807, 2.05) is 0 Å². The second-order valence-corrected chi connectivity index (χ2v) is 10.5. The number of rotatable bonds is 6. The van der Waals surface area contributed by atoms with Crippen LogP contribution >= 0.6 is 0 Å². The highest BCUT2D eigenvalue weighted by Crippen LogP contribution is 2.32. The quantitative estimate of drug-likeness (QED) is 0.308. The van der Waals surface area contributed by atoms with Gasteiger partial charge in [-0.05, 0) is 50.2 Å². The van der Waals surface area contributed by atoms with Crippen LogP contribution in [0.1, 0.15) is 34.6 Å². The molecule has 0 saturated carbocycles. The lowest BCUT2D eigenvalue weighted by atomic mass is 10.0. The van der Waals surface area contributed by atoms with Crippen LogP contribution in [0.3, 0.4) is 0 Å². The average Bonchev–Trinajstić information content (AvgIpc) is 3.38. The number of benzene rings is 3. The van der Waals surface area contributed by atoms with Gasteiger partial charge in [-0.15, -0.1) is 0 Å². The van der Waals surface area contributed by atoms with Crippen LogP contribution in [-0.4, -0.2) is 71.9 Å². The molecule has 0 spiro atoms. The summed E-state index contributed by atoms with van der Waals surface area (Å²) in [6.45, 7) is 3.30. The number of anilines is 2. The molecule has 4 unspecified atom stereocenters. The molecule has 2 amide bonds. The molecule has 0 bridgehead atoms. The van der Waals surface area contributed by atoms with E-state index in [0.29, 0.717) is 11.4 Å². The standard InChI is InChI=1S/C32H30N4O8/c1-19-25(27(37)35(33(19)3)21-13-7-5-8-14-21)31(41)43-29(39)23-17-11-12-18-24(23)30(40)44-32(42)26-20(2)34(4)36(28(26)38)22-15-9-6-10-16-22/h5-20,25-26H,1-4H3.